The highest BCUT2D eigenvalue weighted by Crippen LogP contribution is 2.28. The molecule has 0 saturated heterocycles. The average Bonchev–Trinajstić information content (AvgIpc) is 3.18. The number of nitrogens with one attached hydrogen (secondary N) is 1. The van der Waals surface area contributed by atoms with Gasteiger partial charge in [-0.05, 0) is 45.2 Å². The van der Waals surface area contributed by atoms with Crippen LogP contribution < -0.4 is 5.32 Å². The van der Waals surface area contributed by atoms with Crippen LogP contribution in [0.4, 0.5) is 5.69 Å². The molecule has 1 heterocycles. The van der Waals surface area contributed by atoms with Crippen LogP contribution in [-0.4, -0.2) is 47.5 Å². The maximum absolute atomic E-state index is 13.4. The minimum absolute atomic E-state index is 0.00853. The van der Waals surface area contributed by atoms with Gasteiger partial charge in [-0.3, -0.25) is 9.59 Å². The minimum Gasteiger partial charge on any atom is -0.337 e. The molecule has 0 aliphatic carbocycles. The lowest BCUT2D eigenvalue weighted by molar-refractivity contribution is -0.135. The summed E-state index contributed by atoms with van der Waals surface area (Å²) in [6.45, 7) is 7.83. The van der Waals surface area contributed by atoms with Crippen LogP contribution in [0.2, 0.25) is 0 Å². The van der Waals surface area contributed by atoms with Crippen molar-refractivity contribution in [2.45, 2.75) is 51.2 Å². The third-order valence-electron chi connectivity index (χ3n) is 6.18. The Labute approximate surface area is 211 Å². The normalized spacial score (nSPS) is 11.9. The van der Waals surface area contributed by atoms with Crippen molar-refractivity contribution < 1.29 is 18.0 Å². The van der Waals surface area contributed by atoms with Crippen molar-refractivity contribution in [2.24, 2.45) is 0 Å². The van der Waals surface area contributed by atoms with E-state index in [4.69, 9.17) is 0 Å². The molecule has 3 aromatic carbocycles. The first kappa shape index (κ1) is 25.4. The summed E-state index contributed by atoms with van der Waals surface area (Å²) in [6.07, 6.45) is 1.47. The van der Waals surface area contributed by atoms with Gasteiger partial charge in [-0.15, -0.1) is 0 Å². The topological polar surface area (TPSA) is 88.5 Å². The Morgan fingerprint density at radius 1 is 0.861 bits per heavy atom. The molecule has 188 valence electrons. The second kappa shape index (κ2) is 10.1. The van der Waals surface area contributed by atoms with Gasteiger partial charge in [-0.25, -0.2) is 8.42 Å². The molecule has 0 unspecified atom stereocenters. The molecular weight excluding hydrogens is 474 g/mol. The standard InChI is InChI=1S/C28H31N3O4S/c1-19(2)31(20(3)4)28(33)17-30-16-26(23-13-7-8-15-25(23)30)36(34,35)18-27(32)29-24-14-9-11-21-10-5-6-12-22(21)24/h5-16,19-20H,17-18H2,1-4H3,(H,29,32). The van der Waals surface area contributed by atoms with Crippen molar-refractivity contribution in [2.75, 3.05) is 11.1 Å². The number of rotatable bonds is 8. The second-order valence-electron chi connectivity index (χ2n) is 9.46. The minimum atomic E-state index is -3.99. The fraction of sp³-hybridized carbons (Fsp3) is 0.286. The summed E-state index contributed by atoms with van der Waals surface area (Å²) in [5, 5.41) is 5.02. The average molecular weight is 506 g/mol. The smallest absolute Gasteiger partial charge is 0.242 e. The quantitative estimate of drug-likeness (QED) is 0.371. The summed E-state index contributed by atoms with van der Waals surface area (Å²) in [6, 6.07) is 20.1. The number of anilines is 1. The molecule has 0 saturated carbocycles. The van der Waals surface area contributed by atoms with Gasteiger partial charge in [0.25, 0.3) is 0 Å². The fourth-order valence-corrected chi connectivity index (χ4v) is 6.13. The summed E-state index contributed by atoms with van der Waals surface area (Å²) >= 11 is 0. The zero-order valence-electron chi connectivity index (χ0n) is 20.9. The van der Waals surface area contributed by atoms with Crippen molar-refractivity contribution in [1.29, 1.82) is 0 Å². The monoisotopic (exact) mass is 505 g/mol. The van der Waals surface area contributed by atoms with Gasteiger partial charge in [0.1, 0.15) is 12.3 Å². The molecule has 0 spiro atoms. The van der Waals surface area contributed by atoms with Gasteiger partial charge in [0.15, 0.2) is 9.84 Å². The maximum Gasteiger partial charge on any atom is 0.242 e. The lowest BCUT2D eigenvalue weighted by Crippen LogP contribution is -2.43. The van der Waals surface area contributed by atoms with Crippen LogP contribution in [0.5, 0.6) is 0 Å². The van der Waals surface area contributed by atoms with Crippen LogP contribution in [0.3, 0.4) is 0 Å². The molecule has 0 aliphatic rings. The Morgan fingerprint density at radius 3 is 2.17 bits per heavy atom. The molecule has 2 amide bonds. The first-order chi connectivity index (χ1) is 17.1. The number of carbonyl (C=O) groups excluding carboxylic acids is 2. The fourth-order valence-electron chi connectivity index (χ4n) is 4.76. The molecule has 1 aromatic heterocycles. The second-order valence-corrected chi connectivity index (χ2v) is 11.4. The van der Waals surface area contributed by atoms with E-state index in [-0.39, 0.29) is 29.4 Å². The Morgan fingerprint density at radius 2 is 1.47 bits per heavy atom. The van der Waals surface area contributed by atoms with Crippen LogP contribution in [0.15, 0.2) is 77.8 Å². The number of amides is 2. The van der Waals surface area contributed by atoms with E-state index in [1.54, 1.807) is 39.8 Å². The number of carbonyl (C=O) groups is 2. The van der Waals surface area contributed by atoms with Gasteiger partial charge >= 0.3 is 0 Å². The van der Waals surface area contributed by atoms with Gasteiger partial charge in [-0.1, -0.05) is 54.6 Å². The van der Waals surface area contributed by atoms with Gasteiger partial charge in [0.05, 0.1) is 4.90 Å². The largest absolute Gasteiger partial charge is 0.337 e. The van der Waals surface area contributed by atoms with E-state index in [1.807, 2.05) is 64.1 Å². The first-order valence-electron chi connectivity index (χ1n) is 12.0. The van der Waals surface area contributed by atoms with Gasteiger partial charge in [0.2, 0.25) is 11.8 Å². The lowest BCUT2D eigenvalue weighted by Gasteiger charge is -2.31. The summed E-state index contributed by atoms with van der Waals surface area (Å²) in [7, 11) is -3.99. The van der Waals surface area contributed by atoms with E-state index in [0.29, 0.717) is 16.6 Å². The van der Waals surface area contributed by atoms with E-state index >= 15 is 0 Å². The van der Waals surface area contributed by atoms with E-state index in [0.717, 1.165) is 10.8 Å². The third kappa shape index (κ3) is 5.14. The van der Waals surface area contributed by atoms with E-state index in [2.05, 4.69) is 5.32 Å². The van der Waals surface area contributed by atoms with Crippen molar-refractivity contribution in [1.82, 2.24) is 9.47 Å². The SMILES string of the molecule is CC(C)N(C(=O)Cn1cc(S(=O)(=O)CC(=O)Nc2cccc3ccccc23)c2ccccc21)C(C)C. The molecule has 0 fully saturated rings. The summed E-state index contributed by atoms with van der Waals surface area (Å²) < 4.78 is 28.4. The zero-order chi connectivity index (χ0) is 26.0. The highest BCUT2D eigenvalue weighted by Gasteiger charge is 2.26. The Hall–Kier alpha value is -3.65. The van der Waals surface area contributed by atoms with Crippen molar-refractivity contribution in [3.63, 3.8) is 0 Å². The predicted molar refractivity (Wildman–Crippen MR) is 144 cm³/mol. The number of nitrogens with zero attached hydrogens (tertiary/aromatic N) is 2. The molecule has 36 heavy (non-hydrogen) atoms. The van der Waals surface area contributed by atoms with E-state index < -0.39 is 21.5 Å². The van der Waals surface area contributed by atoms with Gasteiger partial charge in [-0.2, -0.15) is 0 Å². The summed E-state index contributed by atoms with van der Waals surface area (Å²) in [4.78, 5) is 27.7. The highest BCUT2D eigenvalue weighted by molar-refractivity contribution is 7.92. The lowest BCUT2D eigenvalue weighted by atomic mass is 10.1. The van der Waals surface area contributed by atoms with Crippen LogP contribution in [0, 0.1) is 0 Å². The molecule has 0 aliphatic heterocycles. The molecule has 0 radical (unpaired) electrons. The van der Waals surface area contributed by atoms with Gasteiger partial charge < -0.3 is 14.8 Å². The molecule has 0 bridgehead atoms. The number of hydrogen-bond acceptors (Lipinski definition) is 4. The third-order valence-corrected chi connectivity index (χ3v) is 7.82. The summed E-state index contributed by atoms with van der Waals surface area (Å²) in [5.41, 5.74) is 1.19. The number of fused-ring (bicyclic) bond motifs is 2. The van der Waals surface area contributed by atoms with Crippen LogP contribution >= 0.6 is 0 Å². The van der Waals surface area contributed by atoms with Crippen LogP contribution in [0.25, 0.3) is 21.7 Å². The molecular formula is C28H31N3O4S. The number of benzene rings is 3. The molecule has 1 N–H and O–H groups in total. The first-order valence-corrected chi connectivity index (χ1v) is 13.6. The Balaban J connectivity index is 1.62. The molecule has 8 heteroatoms. The molecule has 7 nitrogen and oxygen atoms in total. The molecule has 4 aromatic rings. The van der Waals surface area contributed by atoms with E-state index in [9.17, 15) is 18.0 Å². The number of para-hydroxylation sites is 1. The molecule has 4 rings (SSSR count). The number of hydrogen-bond donors (Lipinski definition) is 1. The maximum atomic E-state index is 13.4. The van der Waals surface area contributed by atoms with Crippen molar-refractivity contribution in [3.8, 4) is 0 Å². The molecule has 0 atom stereocenters. The van der Waals surface area contributed by atoms with E-state index in [1.165, 1.54) is 6.20 Å². The zero-order valence-corrected chi connectivity index (χ0v) is 21.7. The Bertz CT molecular complexity index is 1520. The van der Waals surface area contributed by atoms with Crippen molar-refractivity contribution >= 4 is 49.0 Å². The number of aromatic nitrogens is 1. The van der Waals surface area contributed by atoms with Gasteiger partial charge in [0, 0.05) is 40.3 Å². The Kier molecular flexibility index (Phi) is 7.17. The summed E-state index contributed by atoms with van der Waals surface area (Å²) in [5.74, 6) is -1.43. The van der Waals surface area contributed by atoms with Crippen LogP contribution in [0.1, 0.15) is 27.7 Å². The predicted octanol–water partition coefficient (Wildman–Crippen LogP) is 4.85. The van der Waals surface area contributed by atoms with Crippen molar-refractivity contribution in [3.05, 3.63) is 72.9 Å². The number of sulfone groups is 1. The van der Waals surface area contributed by atoms with Crippen LogP contribution in [-0.2, 0) is 26.0 Å². The highest BCUT2D eigenvalue weighted by atomic mass is 32.2.